The van der Waals surface area contributed by atoms with E-state index in [1.54, 1.807) is 31.0 Å². The van der Waals surface area contributed by atoms with Crippen molar-refractivity contribution in [1.82, 2.24) is 29.5 Å². The Bertz CT molecular complexity index is 1620. The summed E-state index contributed by atoms with van der Waals surface area (Å²) < 4.78 is 16.6. The van der Waals surface area contributed by atoms with Gasteiger partial charge in [0.25, 0.3) is 0 Å². The lowest BCUT2D eigenvalue weighted by Crippen LogP contribution is -2.07. The van der Waals surface area contributed by atoms with Gasteiger partial charge in [0.1, 0.15) is 11.3 Å². The quantitative estimate of drug-likeness (QED) is 0.387. The van der Waals surface area contributed by atoms with Crippen molar-refractivity contribution in [3.63, 3.8) is 0 Å². The fourth-order valence-corrected chi connectivity index (χ4v) is 4.01. The van der Waals surface area contributed by atoms with Gasteiger partial charge in [-0.15, -0.1) is 0 Å². The maximum atomic E-state index is 14.7. The van der Waals surface area contributed by atoms with E-state index in [1.165, 1.54) is 6.07 Å². The molecule has 6 nitrogen and oxygen atoms in total. The fraction of sp³-hybridized carbons (Fsp3) is 0.0800. The highest BCUT2D eigenvalue weighted by Crippen LogP contribution is 2.28. The largest absolute Gasteiger partial charge is 0.307 e. The minimum atomic E-state index is -0.344. The number of nitrogens with zero attached hydrogens (tertiary/aromatic N) is 6. The molecule has 154 valence electrons. The van der Waals surface area contributed by atoms with Gasteiger partial charge in [-0.05, 0) is 42.8 Å². The highest BCUT2D eigenvalue weighted by Gasteiger charge is 2.17. The minimum absolute atomic E-state index is 0.196. The van der Waals surface area contributed by atoms with Crippen LogP contribution in [0.5, 0.6) is 0 Å². The van der Waals surface area contributed by atoms with Crippen molar-refractivity contribution in [3.05, 3.63) is 90.9 Å². The highest BCUT2D eigenvalue weighted by atomic mass is 19.1. The van der Waals surface area contributed by atoms with Crippen LogP contribution < -0.4 is 0 Å². The molecule has 0 aliphatic heterocycles. The summed E-state index contributed by atoms with van der Waals surface area (Å²) in [6, 6.07) is 16.9. The minimum Gasteiger partial charge on any atom is -0.307 e. The smallest absolute Gasteiger partial charge is 0.197 e. The first-order valence-corrected chi connectivity index (χ1v) is 10.3. The molecule has 7 heteroatoms. The molecule has 0 N–H and O–H groups in total. The summed E-state index contributed by atoms with van der Waals surface area (Å²) in [5.74, 6) is -0.344. The number of halogens is 1. The molecular formula is C25H17FN6. The van der Waals surface area contributed by atoms with Gasteiger partial charge in [0.15, 0.2) is 11.3 Å². The van der Waals surface area contributed by atoms with E-state index < -0.39 is 0 Å². The van der Waals surface area contributed by atoms with Crippen LogP contribution in [0.25, 0.3) is 44.4 Å². The van der Waals surface area contributed by atoms with Gasteiger partial charge in [-0.1, -0.05) is 24.3 Å². The third kappa shape index (κ3) is 2.98. The number of aromatic nitrogens is 6. The summed E-state index contributed by atoms with van der Waals surface area (Å²) in [4.78, 5) is 22.4. The second-order valence-corrected chi connectivity index (χ2v) is 7.72. The Morgan fingerprint density at radius 2 is 1.75 bits per heavy atom. The Kier molecular flexibility index (Phi) is 4.14. The van der Waals surface area contributed by atoms with Crippen LogP contribution in [0, 0.1) is 5.82 Å². The van der Waals surface area contributed by atoms with E-state index in [0.29, 0.717) is 22.5 Å². The third-order valence-electron chi connectivity index (χ3n) is 5.75. The zero-order valence-electron chi connectivity index (χ0n) is 17.1. The normalized spacial score (nSPS) is 12.6. The molecule has 0 aliphatic carbocycles. The lowest BCUT2D eigenvalue weighted by Gasteiger charge is -2.15. The molecule has 1 atom stereocenters. The van der Waals surface area contributed by atoms with Crippen molar-refractivity contribution in [1.29, 1.82) is 0 Å². The van der Waals surface area contributed by atoms with Crippen molar-refractivity contribution < 1.29 is 4.39 Å². The molecular weight excluding hydrogens is 403 g/mol. The molecule has 0 saturated heterocycles. The number of fused-ring (bicyclic) bond motifs is 3. The van der Waals surface area contributed by atoms with E-state index in [0.717, 1.165) is 27.4 Å². The second kappa shape index (κ2) is 7.16. The molecule has 4 heterocycles. The molecule has 0 amide bonds. The predicted octanol–water partition coefficient (Wildman–Crippen LogP) is 5.34. The average molecular weight is 420 g/mol. The zero-order valence-corrected chi connectivity index (χ0v) is 17.1. The molecule has 0 bridgehead atoms. The van der Waals surface area contributed by atoms with E-state index >= 15 is 0 Å². The summed E-state index contributed by atoms with van der Waals surface area (Å²) >= 11 is 0. The van der Waals surface area contributed by atoms with Crippen LogP contribution in [-0.2, 0) is 0 Å². The molecule has 6 rings (SSSR count). The third-order valence-corrected chi connectivity index (χ3v) is 5.75. The summed E-state index contributed by atoms with van der Waals surface area (Å²) in [6.45, 7) is 1.99. The average Bonchev–Trinajstić information content (AvgIpc) is 3.26. The number of pyridine rings is 2. The molecule has 2 aromatic carbocycles. The molecule has 1 unspecified atom stereocenters. The van der Waals surface area contributed by atoms with E-state index in [4.69, 9.17) is 4.98 Å². The topological polar surface area (TPSA) is 69.4 Å². The van der Waals surface area contributed by atoms with Crippen molar-refractivity contribution in [2.45, 2.75) is 13.0 Å². The lowest BCUT2D eigenvalue weighted by atomic mass is 10.0. The molecule has 0 fully saturated rings. The fourth-order valence-electron chi connectivity index (χ4n) is 4.01. The molecule has 4 aromatic heterocycles. The number of imidazole rings is 1. The van der Waals surface area contributed by atoms with Gasteiger partial charge in [-0.25, -0.2) is 19.3 Å². The Balaban J connectivity index is 1.45. The van der Waals surface area contributed by atoms with Crippen LogP contribution >= 0.6 is 0 Å². The Labute approximate surface area is 182 Å². The second-order valence-electron chi connectivity index (χ2n) is 7.72. The maximum Gasteiger partial charge on any atom is 0.197 e. The van der Waals surface area contributed by atoms with E-state index in [2.05, 4.69) is 19.9 Å². The first kappa shape index (κ1) is 18.5. The number of hydrogen-bond donors (Lipinski definition) is 0. The van der Waals surface area contributed by atoms with Crippen LogP contribution in [0.4, 0.5) is 4.39 Å². The Hall–Kier alpha value is -4.26. The molecule has 0 aliphatic rings. The predicted molar refractivity (Wildman–Crippen MR) is 122 cm³/mol. The van der Waals surface area contributed by atoms with Gasteiger partial charge in [0.05, 0.1) is 29.8 Å². The van der Waals surface area contributed by atoms with Crippen LogP contribution in [0.1, 0.15) is 18.5 Å². The van der Waals surface area contributed by atoms with Crippen molar-refractivity contribution in [3.8, 4) is 11.3 Å². The Morgan fingerprint density at radius 3 is 2.69 bits per heavy atom. The van der Waals surface area contributed by atoms with Gasteiger partial charge in [-0.3, -0.25) is 9.97 Å². The zero-order chi connectivity index (χ0) is 21.7. The van der Waals surface area contributed by atoms with Gasteiger partial charge >= 0.3 is 0 Å². The van der Waals surface area contributed by atoms with E-state index in [1.807, 2.05) is 54.0 Å². The summed E-state index contributed by atoms with van der Waals surface area (Å²) in [5, 5.41) is 1.79. The van der Waals surface area contributed by atoms with Crippen LogP contribution in [0.3, 0.4) is 0 Å². The summed E-state index contributed by atoms with van der Waals surface area (Å²) in [5.41, 5.74) is 4.86. The van der Waals surface area contributed by atoms with Gasteiger partial charge < -0.3 is 4.57 Å². The van der Waals surface area contributed by atoms with Gasteiger partial charge in [0, 0.05) is 28.7 Å². The monoisotopic (exact) mass is 420 g/mol. The maximum absolute atomic E-state index is 14.7. The first-order chi connectivity index (χ1) is 15.7. The van der Waals surface area contributed by atoms with Crippen molar-refractivity contribution in [2.24, 2.45) is 0 Å². The van der Waals surface area contributed by atoms with Crippen molar-refractivity contribution in [2.75, 3.05) is 0 Å². The van der Waals surface area contributed by atoms with Gasteiger partial charge in [-0.2, -0.15) is 0 Å². The Morgan fingerprint density at radius 1 is 0.875 bits per heavy atom. The van der Waals surface area contributed by atoms with E-state index in [9.17, 15) is 4.39 Å². The molecule has 0 saturated carbocycles. The summed E-state index contributed by atoms with van der Waals surface area (Å²) in [6.07, 6.45) is 6.80. The van der Waals surface area contributed by atoms with E-state index in [-0.39, 0.29) is 11.9 Å². The highest BCUT2D eigenvalue weighted by molar-refractivity contribution is 5.83. The van der Waals surface area contributed by atoms with Crippen LogP contribution in [-0.4, -0.2) is 29.5 Å². The first-order valence-electron chi connectivity index (χ1n) is 10.3. The SMILES string of the molecule is CC(c1cc(F)c2ncccc2c1)n1cnc2ncc(-c3cnc4ccccc4c3)nc21. The number of hydrogen-bond acceptors (Lipinski definition) is 5. The summed E-state index contributed by atoms with van der Waals surface area (Å²) in [7, 11) is 0. The number of para-hydroxylation sites is 1. The van der Waals surface area contributed by atoms with Crippen LogP contribution in [0.2, 0.25) is 0 Å². The molecule has 0 radical (unpaired) electrons. The lowest BCUT2D eigenvalue weighted by molar-refractivity contribution is 0.616. The molecule has 6 aromatic rings. The standard InChI is InChI=1S/C25H17FN6/c1-15(18-10-17-6-4-8-27-23(17)20(26)11-18)32-14-30-24-25(32)31-22(13-29-24)19-9-16-5-2-3-7-21(16)28-12-19/h2-15H,1H3. The van der Waals surface area contributed by atoms with Crippen molar-refractivity contribution >= 4 is 33.1 Å². The van der Waals surface area contributed by atoms with Crippen LogP contribution in [0.15, 0.2) is 79.5 Å². The number of rotatable bonds is 3. The number of benzene rings is 2. The molecule has 0 spiro atoms. The molecule has 32 heavy (non-hydrogen) atoms. The van der Waals surface area contributed by atoms with Gasteiger partial charge in [0.2, 0.25) is 0 Å².